The van der Waals surface area contributed by atoms with Gasteiger partial charge in [0.1, 0.15) is 0 Å². The first-order chi connectivity index (χ1) is 16.2. The molecule has 3 heterocycles. The predicted octanol–water partition coefficient (Wildman–Crippen LogP) is 2.90. The van der Waals surface area contributed by atoms with Crippen molar-refractivity contribution < 1.29 is 24.1 Å². The van der Waals surface area contributed by atoms with E-state index in [1.165, 1.54) is 32.4 Å². The third-order valence-electron chi connectivity index (χ3n) is 6.92. The Bertz CT molecular complexity index is 757. The fraction of sp³-hybridized carbons (Fsp3) is 0.654. The highest BCUT2D eigenvalue weighted by atomic mass is 16.7. The molecule has 7 nitrogen and oxygen atoms in total. The molecule has 1 aromatic carbocycles. The fourth-order valence-electron chi connectivity index (χ4n) is 5.12. The molecule has 1 amide bonds. The zero-order chi connectivity index (χ0) is 22.9. The number of nitrogens with zero attached hydrogens (tertiary/aromatic N) is 2. The van der Waals surface area contributed by atoms with Crippen LogP contribution in [0.2, 0.25) is 0 Å². The second kappa shape index (κ2) is 12.5. The van der Waals surface area contributed by atoms with Gasteiger partial charge in [0.2, 0.25) is 6.29 Å². The van der Waals surface area contributed by atoms with Gasteiger partial charge in [0.25, 0.3) is 5.91 Å². The molecule has 0 aliphatic carbocycles. The number of aliphatic hydroxyl groups is 1. The van der Waals surface area contributed by atoms with Gasteiger partial charge in [-0.15, -0.1) is 0 Å². The lowest BCUT2D eigenvalue weighted by atomic mass is 9.92. The minimum Gasteiger partial charge on any atom is -0.459 e. The third kappa shape index (κ3) is 6.79. The minimum atomic E-state index is -0.497. The van der Waals surface area contributed by atoms with Gasteiger partial charge in [-0.25, -0.2) is 0 Å². The summed E-state index contributed by atoms with van der Waals surface area (Å²) in [7, 11) is 0. The minimum absolute atomic E-state index is 0.00809. The van der Waals surface area contributed by atoms with Crippen molar-refractivity contribution in [2.24, 2.45) is 0 Å². The molecule has 33 heavy (non-hydrogen) atoms. The van der Waals surface area contributed by atoms with E-state index in [4.69, 9.17) is 19.3 Å². The largest absolute Gasteiger partial charge is 0.459 e. The van der Waals surface area contributed by atoms with Gasteiger partial charge in [-0.2, -0.15) is 0 Å². The third-order valence-corrected chi connectivity index (χ3v) is 6.92. The molecular weight excluding hydrogens is 420 g/mol. The summed E-state index contributed by atoms with van der Waals surface area (Å²) in [6, 6.07) is 10.8. The number of amides is 1. The quantitative estimate of drug-likeness (QED) is 0.574. The molecule has 1 aromatic rings. The molecule has 2 fully saturated rings. The highest BCUT2D eigenvalue weighted by Crippen LogP contribution is 2.32. The van der Waals surface area contributed by atoms with Gasteiger partial charge in [-0.3, -0.25) is 4.79 Å². The van der Waals surface area contributed by atoms with E-state index in [1.807, 2.05) is 29.2 Å². The monoisotopic (exact) mass is 458 g/mol. The summed E-state index contributed by atoms with van der Waals surface area (Å²) in [5.41, 5.74) is 1.15. The topological polar surface area (TPSA) is 71.5 Å². The first-order valence-electron chi connectivity index (χ1n) is 12.5. The van der Waals surface area contributed by atoms with E-state index >= 15 is 0 Å². The van der Waals surface area contributed by atoms with Crippen LogP contribution in [0.4, 0.5) is 0 Å². The molecule has 0 bridgehead atoms. The lowest BCUT2D eigenvalue weighted by molar-refractivity contribution is -0.157. The normalized spacial score (nSPS) is 24.9. The molecule has 3 aliphatic rings. The number of carbonyl (C=O) groups excluding carboxylic acids is 1. The van der Waals surface area contributed by atoms with Crippen LogP contribution >= 0.6 is 0 Å². The molecule has 2 atom stereocenters. The smallest absolute Gasteiger partial charge is 0.288 e. The van der Waals surface area contributed by atoms with Crippen molar-refractivity contribution in [3.05, 3.63) is 47.7 Å². The number of carbonyl (C=O) groups is 1. The Morgan fingerprint density at radius 1 is 1.00 bits per heavy atom. The Kier molecular flexibility index (Phi) is 9.17. The van der Waals surface area contributed by atoms with Gasteiger partial charge in [0.05, 0.1) is 26.4 Å². The van der Waals surface area contributed by atoms with Gasteiger partial charge in [0, 0.05) is 31.5 Å². The zero-order valence-electron chi connectivity index (χ0n) is 19.6. The lowest BCUT2D eigenvalue weighted by Crippen LogP contribution is -2.49. The van der Waals surface area contributed by atoms with E-state index in [0.29, 0.717) is 38.0 Å². The first-order valence-corrected chi connectivity index (χ1v) is 12.5. The predicted molar refractivity (Wildman–Crippen MR) is 126 cm³/mol. The second-order valence-electron chi connectivity index (χ2n) is 9.16. The molecule has 7 heteroatoms. The zero-order valence-corrected chi connectivity index (χ0v) is 19.6. The number of allylic oxidation sites excluding steroid dienone is 1. The number of aliphatic hydroxyl groups excluding tert-OH is 1. The number of piperidine rings is 2. The van der Waals surface area contributed by atoms with E-state index < -0.39 is 6.29 Å². The van der Waals surface area contributed by atoms with Crippen LogP contribution in [0, 0.1) is 0 Å². The Morgan fingerprint density at radius 2 is 1.76 bits per heavy atom. The summed E-state index contributed by atoms with van der Waals surface area (Å²) >= 11 is 0. The van der Waals surface area contributed by atoms with E-state index in [9.17, 15) is 4.79 Å². The van der Waals surface area contributed by atoms with E-state index in [-0.39, 0.29) is 18.4 Å². The maximum absolute atomic E-state index is 13.4. The SMILES string of the molecule is O=C(C1=C[C@@H](c2ccccc2)C[C@@H](OCCOCCO)O1)N1CCC(N2CCCCC2)CC1. The number of ether oxygens (including phenoxy) is 3. The molecule has 2 saturated heterocycles. The maximum Gasteiger partial charge on any atom is 0.288 e. The van der Waals surface area contributed by atoms with E-state index in [0.717, 1.165) is 31.5 Å². The number of rotatable bonds is 9. The van der Waals surface area contributed by atoms with Crippen molar-refractivity contribution in [2.45, 2.75) is 56.8 Å². The number of hydrogen-bond acceptors (Lipinski definition) is 6. The molecule has 0 spiro atoms. The Morgan fingerprint density at radius 3 is 2.48 bits per heavy atom. The number of hydrogen-bond donors (Lipinski definition) is 1. The standard InChI is InChI=1S/C26H38N2O5/c29-15-16-31-17-18-32-25-20-22(21-7-3-1-4-8-21)19-24(33-25)26(30)28-13-9-23(10-14-28)27-11-5-2-6-12-27/h1,3-4,7-8,19,22-23,25,29H,2,5-6,9-18,20H2/t22-,25+/m1/s1. The van der Waals surface area contributed by atoms with Crippen molar-refractivity contribution in [2.75, 3.05) is 52.6 Å². The molecule has 4 rings (SSSR count). The average Bonchev–Trinajstić information content (AvgIpc) is 2.89. The summed E-state index contributed by atoms with van der Waals surface area (Å²) in [5.74, 6) is 0.429. The second-order valence-corrected chi connectivity index (χ2v) is 9.16. The van der Waals surface area contributed by atoms with Crippen LogP contribution in [-0.4, -0.2) is 85.8 Å². The highest BCUT2D eigenvalue weighted by molar-refractivity contribution is 5.91. The van der Waals surface area contributed by atoms with Crippen LogP contribution in [0.5, 0.6) is 0 Å². The molecule has 1 N–H and O–H groups in total. The summed E-state index contributed by atoms with van der Waals surface area (Å²) in [6.07, 6.45) is 8.13. The fourth-order valence-corrected chi connectivity index (χ4v) is 5.12. The summed E-state index contributed by atoms with van der Waals surface area (Å²) < 4.78 is 17.2. The van der Waals surface area contributed by atoms with Crippen molar-refractivity contribution in [3.63, 3.8) is 0 Å². The molecule has 0 radical (unpaired) electrons. The van der Waals surface area contributed by atoms with Crippen LogP contribution in [0.3, 0.4) is 0 Å². The van der Waals surface area contributed by atoms with Gasteiger partial charge < -0.3 is 29.1 Å². The Balaban J connectivity index is 1.37. The molecule has 0 saturated carbocycles. The Labute approximate surface area is 197 Å². The van der Waals surface area contributed by atoms with Crippen molar-refractivity contribution in [3.8, 4) is 0 Å². The lowest BCUT2D eigenvalue weighted by Gasteiger charge is -2.40. The average molecular weight is 459 g/mol. The number of benzene rings is 1. The van der Waals surface area contributed by atoms with Crippen LogP contribution < -0.4 is 0 Å². The Hall–Kier alpha value is -1.93. The molecule has 3 aliphatic heterocycles. The van der Waals surface area contributed by atoms with Crippen LogP contribution in [-0.2, 0) is 19.0 Å². The van der Waals surface area contributed by atoms with Gasteiger partial charge >= 0.3 is 0 Å². The van der Waals surface area contributed by atoms with Crippen LogP contribution in [0.15, 0.2) is 42.2 Å². The summed E-state index contributed by atoms with van der Waals surface area (Å²) in [5, 5.41) is 8.84. The van der Waals surface area contributed by atoms with Crippen LogP contribution in [0.1, 0.15) is 50.0 Å². The van der Waals surface area contributed by atoms with Crippen molar-refractivity contribution >= 4 is 5.91 Å². The van der Waals surface area contributed by atoms with E-state index in [2.05, 4.69) is 17.0 Å². The van der Waals surface area contributed by atoms with Gasteiger partial charge in [0.15, 0.2) is 5.76 Å². The summed E-state index contributed by atoms with van der Waals surface area (Å²) in [4.78, 5) is 18.0. The van der Waals surface area contributed by atoms with E-state index in [1.54, 1.807) is 0 Å². The van der Waals surface area contributed by atoms with Crippen LogP contribution in [0.25, 0.3) is 0 Å². The van der Waals surface area contributed by atoms with Gasteiger partial charge in [-0.05, 0) is 50.4 Å². The summed E-state index contributed by atoms with van der Waals surface area (Å²) in [6.45, 7) is 4.97. The molecule has 182 valence electrons. The highest BCUT2D eigenvalue weighted by Gasteiger charge is 2.33. The maximum atomic E-state index is 13.4. The van der Waals surface area contributed by atoms with Crippen molar-refractivity contribution in [1.82, 2.24) is 9.80 Å². The van der Waals surface area contributed by atoms with Gasteiger partial charge in [-0.1, -0.05) is 36.8 Å². The number of likely N-dealkylation sites (tertiary alicyclic amines) is 2. The molecule has 0 aromatic heterocycles. The molecular formula is C26H38N2O5. The first kappa shape index (κ1) is 24.2. The molecule has 0 unspecified atom stereocenters. The van der Waals surface area contributed by atoms with Crippen molar-refractivity contribution in [1.29, 1.82) is 0 Å².